The normalized spacial score (nSPS) is 13.1. The minimum absolute atomic E-state index is 0.0524. The number of unbranched alkanes of at least 4 members (excludes halogenated alkanes) is 29. The predicted octanol–water partition coefficient (Wildman–Crippen LogP) is 15.4. The SMILES string of the molecule is CCCCCC/C=C/C=C/CCCCCCCCCCCCC(=O)OCC(COCCC(C(=O)O)[N+](C)(C)C)OC(=O)CCCCCCCCC/C=C/CCCCCCCCCC. The van der Waals surface area contributed by atoms with E-state index in [9.17, 15) is 19.5 Å². The lowest BCUT2D eigenvalue weighted by Gasteiger charge is -2.31. The van der Waals surface area contributed by atoms with Crippen LogP contribution in [0.4, 0.5) is 0 Å². The molecule has 0 saturated heterocycles. The van der Waals surface area contributed by atoms with Crippen LogP contribution in [0.15, 0.2) is 36.5 Å². The number of quaternary nitrogens is 1. The van der Waals surface area contributed by atoms with Crippen molar-refractivity contribution in [2.75, 3.05) is 41.0 Å². The summed E-state index contributed by atoms with van der Waals surface area (Å²) in [5.74, 6) is -1.46. The molecule has 0 amide bonds. The average molecular weight is 889 g/mol. The molecule has 0 saturated carbocycles. The zero-order chi connectivity index (χ0) is 46.3. The third-order valence-corrected chi connectivity index (χ3v) is 12.0. The number of esters is 2. The first-order chi connectivity index (χ1) is 30.6. The lowest BCUT2D eigenvalue weighted by Crippen LogP contribution is -2.50. The van der Waals surface area contributed by atoms with E-state index in [-0.39, 0.29) is 36.2 Å². The van der Waals surface area contributed by atoms with Crippen LogP contribution < -0.4 is 0 Å². The number of ether oxygens (including phenoxy) is 3. The van der Waals surface area contributed by atoms with Gasteiger partial charge in [0.15, 0.2) is 12.1 Å². The molecule has 0 radical (unpaired) electrons. The van der Waals surface area contributed by atoms with E-state index >= 15 is 0 Å². The van der Waals surface area contributed by atoms with Crippen molar-refractivity contribution < 1.29 is 38.2 Å². The second kappa shape index (κ2) is 46.1. The Morgan fingerprint density at radius 3 is 1.25 bits per heavy atom. The maximum atomic E-state index is 12.8. The van der Waals surface area contributed by atoms with Crippen molar-refractivity contribution in [1.29, 1.82) is 0 Å². The number of hydrogen-bond donors (Lipinski definition) is 1. The van der Waals surface area contributed by atoms with Gasteiger partial charge in [-0.3, -0.25) is 9.59 Å². The first kappa shape index (κ1) is 60.5. The maximum absolute atomic E-state index is 12.8. The van der Waals surface area contributed by atoms with Crippen LogP contribution in [0.5, 0.6) is 0 Å². The van der Waals surface area contributed by atoms with Gasteiger partial charge in [0.25, 0.3) is 0 Å². The number of rotatable bonds is 48. The van der Waals surface area contributed by atoms with E-state index in [1.807, 2.05) is 21.1 Å². The van der Waals surface area contributed by atoms with Crippen molar-refractivity contribution in [3.05, 3.63) is 36.5 Å². The molecule has 8 heteroatoms. The largest absolute Gasteiger partial charge is 0.477 e. The van der Waals surface area contributed by atoms with Crippen LogP contribution in [-0.4, -0.2) is 80.6 Å². The van der Waals surface area contributed by atoms with Gasteiger partial charge in [-0.25, -0.2) is 4.79 Å². The van der Waals surface area contributed by atoms with E-state index in [0.717, 1.165) is 38.5 Å². The fraction of sp³-hybridized carbons (Fsp3) is 0.836. The van der Waals surface area contributed by atoms with Gasteiger partial charge >= 0.3 is 17.9 Å². The Morgan fingerprint density at radius 1 is 0.476 bits per heavy atom. The van der Waals surface area contributed by atoms with Crippen LogP contribution in [0.2, 0.25) is 0 Å². The van der Waals surface area contributed by atoms with Crippen molar-refractivity contribution in [1.82, 2.24) is 0 Å². The highest BCUT2D eigenvalue weighted by Gasteiger charge is 2.31. The summed E-state index contributed by atoms with van der Waals surface area (Å²) in [6.07, 6.45) is 54.7. The first-order valence-electron chi connectivity index (χ1n) is 26.5. The van der Waals surface area contributed by atoms with E-state index < -0.39 is 18.1 Å². The van der Waals surface area contributed by atoms with E-state index in [1.54, 1.807) is 0 Å². The summed E-state index contributed by atoms with van der Waals surface area (Å²) in [5, 5.41) is 9.66. The number of carbonyl (C=O) groups is 3. The molecule has 0 rings (SSSR count). The van der Waals surface area contributed by atoms with Crippen LogP contribution in [0.3, 0.4) is 0 Å². The smallest absolute Gasteiger partial charge is 0.362 e. The molecule has 0 bridgehead atoms. The zero-order valence-electron chi connectivity index (χ0n) is 42.0. The van der Waals surface area contributed by atoms with Crippen LogP contribution in [0.1, 0.15) is 245 Å². The molecule has 2 unspecified atom stereocenters. The second-order valence-corrected chi connectivity index (χ2v) is 19.2. The molecular formula is C55H102NO7+. The summed E-state index contributed by atoms with van der Waals surface area (Å²) in [5.41, 5.74) is 0. The lowest BCUT2D eigenvalue weighted by molar-refractivity contribution is -0.887. The molecule has 0 aromatic carbocycles. The number of carboxylic acid groups (broad SMARTS) is 1. The Bertz CT molecular complexity index is 1130. The number of likely N-dealkylation sites (N-methyl/N-ethyl adjacent to an activating group) is 1. The Morgan fingerprint density at radius 2 is 0.841 bits per heavy atom. The standard InChI is InChI=1S/C55H101NO7/c1-6-8-10-12-14-16-18-20-22-24-26-28-29-31-33-35-37-39-41-43-45-53(57)62-50-51(49-61-48-47-52(55(59)60)56(3,4)5)63-54(58)46-44-42-40-38-36-34-32-30-27-25-23-21-19-17-15-13-11-9-7-2/h16,18,20,22,25,27,51-52H,6-15,17,19,21,23-24,26,28-50H2,1-5H3/p+1/b18-16+,22-20+,27-25+. The molecule has 63 heavy (non-hydrogen) atoms. The van der Waals surface area contributed by atoms with Crippen LogP contribution >= 0.6 is 0 Å². The summed E-state index contributed by atoms with van der Waals surface area (Å²) < 4.78 is 17.4. The molecule has 0 aromatic rings. The van der Waals surface area contributed by atoms with Crippen molar-refractivity contribution in [3.63, 3.8) is 0 Å². The van der Waals surface area contributed by atoms with Gasteiger partial charge < -0.3 is 23.8 Å². The number of carboxylic acids is 1. The summed E-state index contributed by atoms with van der Waals surface area (Å²) >= 11 is 0. The molecule has 8 nitrogen and oxygen atoms in total. The van der Waals surface area contributed by atoms with E-state index in [1.165, 1.54) is 173 Å². The molecule has 1 N–H and O–H groups in total. The fourth-order valence-corrected chi connectivity index (χ4v) is 7.90. The molecule has 368 valence electrons. The quantitative estimate of drug-likeness (QED) is 0.0214. The third kappa shape index (κ3) is 44.5. The Kier molecular flexibility index (Phi) is 44.3. The minimum Gasteiger partial charge on any atom is -0.477 e. The van der Waals surface area contributed by atoms with Crippen LogP contribution in [0.25, 0.3) is 0 Å². The van der Waals surface area contributed by atoms with E-state index in [0.29, 0.717) is 19.3 Å². The molecule has 0 aliphatic heterocycles. The van der Waals surface area contributed by atoms with Gasteiger partial charge in [0.05, 0.1) is 34.4 Å². The number of carbonyl (C=O) groups excluding carboxylic acids is 2. The second-order valence-electron chi connectivity index (χ2n) is 19.2. The molecule has 0 heterocycles. The van der Waals surface area contributed by atoms with Crippen molar-refractivity contribution >= 4 is 17.9 Å². The van der Waals surface area contributed by atoms with Crippen molar-refractivity contribution in [2.24, 2.45) is 0 Å². The molecular weight excluding hydrogens is 787 g/mol. The van der Waals surface area contributed by atoms with Gasteiger partial charge in [-0.2, -0.15) is 0 Å². The number of aliphatic carboxylic acids is 1. The summed E-state index contributed by atoms with van der Waals surface area (Å²) in [6, 6.07) is -0.616. The predicted molar refractivity (Wildman–Crippen MR) is 266 cm³/mol. The summed E-state index contributed by atoms with van der Waals surface area (Å²) in [4.78, 5) is 37.2. The van der Waals surface area contributed by atoms with Gasteiger partial charge in [-0.05, 0) is 64.2 Å². The maximum Gasteiger partial charge on any atom is 0.362 e. The number of hydrogen-bond acceptors (Lipinski definition) is 6. The van der Waals surface area contributed by atoms with Crippen molar-refractivity contribution in [2.45, 2.75) is 257 Å². The third-order valence-electron chi connectivity index (χ3n) is 12.0. The van der Waals surface area contributed by atoms with Gasteiger partial charge in [0, 0.05) is 19.3 Å². The van der Waals surface area contributed by atoms with Gasteiger partial charge in [0.2, 0.25) is 0 Å². The van der Waals surface area contributed by atoms with Crippen molar-refractivity contribution in [3.8, 4) is 0 Å². The molecule has 0 fully saturated rings. The topological polar surface area (TPSA) is 99.1 Å². The Labute approximate surface area is 389 Å². The van der Waals surface area contributed by atoms with Gasteiger partial charge in [-0.1, -0.05) is 198 Å². The van der Waals surface area contributed by atoms with Gasteiger partial charge in [-0.15, -0.1) is 0 Å². The highest BCUT2D eigenvalue weighted by atomic mass is 16.6. The average Bonchev–Trinajstić information content (AvgIpc) is 3.24. The first-order valence-corrected chi connectivity index (χ1v) is 26.5. The Hall–Kier alpha value is -2.45. The summed E-state index contributed by atoms with van der Waals surface area (Å²) in [6.45, 7) is 4.74. The molecule has 0 aromatic heterocycles. The van der Waals surface area contributed by atoms with E-state index in [2.05, 4.69) is 50.3 Å². The molecule has 0 spiro atoms. The highest BCUT2D eigenvalue weighted by Crippen LogP contribution is 2.16. The van der Waals surface area contributed by atoms with Crippen LogP contribution in [0, 0.1) is 0 Å². The molecule has 2 atom stereocenters. The minimum atomic E-state index is -0.874. The lowest BCUT2D eigenvalue weighted by atomic mass is 10.1. The Balaban J connectivity index is 4.23. The van der Waals surface area contributed by atoms with E-state index in [4.69, 9.17) is 14.2 Å². The number of allylic oxidation sites excluding steroid dienone is 6. The van der Waals surface area contributed by atoms with Crippen LogP contribution in [-0.2, 0) is 28.6 Å². The summed E-state index contributed by atoms with van der Waals surface area (Å²) in [7, 11) is 5.54. The fourth-order valence-electron chi connectivity index (χ4n) is 7.90. The highest BCUT2D eigenvalue weighted by molar-refractivity contribution is 5.72. The van der Waals surface area contributed by atoms with Gasteiger partial charge in [0.1, 0.15) is 6.61 Å². The molecule has 0 aliphatic rings. The zero-order valence-corrected chi connectivity index (χ0v) is 42.0. The molecule has 0 aliphatic carbocycles. The number of nitrogens with zero attached hydrogens (tertiary/aromatic N) is 1. The monoisotopic (exact) mass is 889 g/mol.